The van der Waals surface area contributed by atoms with E-state index in [-0.39, 0.29) is 75.5 Å². The molecule has 1 unspecified atom stereocenters. The van der Waals surface area contributed by atoms with Crippen molar-refractivity contribution in [1.82, 2.24) is 25.4 Å². The van der Waals surface area contributed by atoms with Crippen molar-refractivity contribution in [3.63, 3.8) is 0 Å². The molecule has 13 N–H and O–H groups in total. The number of nitro groups is 1. The Hall–Kier alpha value is -7.05. The van der Waals surface area contributed by atoms with Crippen molar-refractivity contribution in [2.75, 3.05) is 26.2 Å². The SMILES string of the molecule is CC(C)(C)OC(=O)[C@](CCCN=C(N)N)(C(=O)C(N)CCC[C@H](N)C(=O)N1CCC[C@H]1C(=O)O)N(C(=O)[C@H](Cc1ccccc1)NC(=O)[C@@H]1CCCN1C(=O)CNC(=O)[C@@H](N)Cc1ccccc1)[N+](=O)[O-]. The van der Waals surface area contributed by atoms with Crippen LogP contribution in [0.1, 0.15) is 89.7 Å². The number of nitrogens with one attached hydrogen (secondary N) is 2. The highest BCUT2D eigenvalue weighted by atomic mass is 16.7. The number of carboxylic acids is 1. The first-order chi connectivity index (χ1) is 33.5. The molecule has 24 heteroatoms. The molecular weight excluding hydrogens is 925 g/mol. The minimum Gasteiger partial charge on any atom is -0.480 e. The lowest BCUT2D eigenvalue weighted by molar-refractivity contribution is -0.647. The van der Waals surface area contributed by atoms with E-state index in [1.54, 1.807) is 54.6 Å². The topological polar surface area (TPSA) is 385 Å². The first-order valence-electron chi connectivity index (χ1n) is 23.5. The van der Waals surface area contributed by atoms with Gasteiger partial charge in [0.05, 0.1) is 24.7 Å². The van der Waals surface area contributed by atoms with Crippen molar-refractivity contribution >= 4 is 53.2 Å². The number of hydrogen-bond donors (Lipinski definition) is 8. The van der Waals surface area contributed by atoms with E-state index in [2.05, 4.69) is 15.6 Å². The Labute approximate surface area is 411 Å². The number of nitrogens with two attached hydrogens (primary N) is 5. The fourth-order valence-electron chi connectivity index (χ4n) is 8.71. The molecule has 4 rings (SSSR count). The van der Waals surface area contributed by atoms with Crippen molar-refractivity contribution in [2.24, 2.45) is 33.7 Å². The number of benzene rings is 2. The second-order valence-corrected chi connectivity index (χ2v) is 18.7. The molecule has 2 fully saturated rings. The van der Waals surface area contributed by atoms with Crippen molar-refractivity contribution in [3.05, 3.63) is 81.9 Å². The molecule has 2 heterocycles. The highest BCUT2D eigenvalue weighted by Crippen LogP contribution is 2.32. The Bertz CT molecular complexity index is 2260. The molecule has 2 aliphatic heterocycles. The summed E-state index contributed by atoms with van der Waals surface area (Å²) in [6.45, 7) is 3.77. The number of amides is 5. The number of guanidine groups is 1. The number of hydrazine groups is 1. The number of rotatable bonds is 25. The Kier molecular flexibility index (Phi) is 20.5. The molecule has 0 spiro atoms. The van der Waals surface area contributed by atoms with Crippen molar-refractivity contribution in [1.29, 1.82) is 0 Å². The highest BCUT2D eigenvalue weighted by Gasteiger charge is 2.63. The van der Waals surface area contributed by atoms with Gasteiger partial charge in [0, 0.05) is 26.1 Å². The van der Waals surface area contributed by atoms with Crippen molar-refractivity contribution in [3.8, 4) is 0 Å². The number of aliphatic carboxylic acids is 1. The van der Waals surface area contributed by atoms with Crippen LogP contribution in [0.3, 0.4) is 0 Å². The van der Waals surface area contributed by atoms with Gasteiger partial charge in [0.25, 0.3) is 5.54 Å². The van der Waals surface area contributed by atoms with Crippen molar-refractivity contribution < 1.29 is 53.2 Å². The molecule has 0 radical (unpaired) electrons. The normalized spacial score (nSPS) is 18.2. The van der Waals surface area contributed by atoms with Crippen LogP contribution in [0, 0.1) is 10.1 Å². The van der Waals surface area contributed by atoms with E-state index in [1.807, 2.05) is 6.07 Å². The largest absolute Gasteiger partial charge is 0.480 e. The van der Waals surface area contributed by atoms with Gasteiger partial charge >= 0.3 is 17.8 Å². The standard InChI is InChI=1S/C47H68N12O12/c1-46(2,3)71-44(68)47(22-13-23-53-45(51)52,38(61)31(48)18-10-19-32(49)41(64)57-25-12-21-36(57)43(66)67)58(59(69)70)42(65)34(27-30-16-8-5-9-17-30)55-40(63)35-20-11-24-56(35)37(60)28-54-39(62)33(50)26-29-14-6-4-7-15-29/h4-9,14-17,31-36H,10-13,18-28,48-50H2,1-3H3,(H,54,62)(H,55,63)(H,66,67)(H4,51,52,53)/t31?,32-,33-,34-,35-,36-,47-/m0/s1. The summed E-state index contributed by atoms with van der Waals surface area (Å²) in [5.74, 6) is -8.72. The monoisotopic (exact) mass is 993 g/mol. The van der Waals surface area contributed by atoms with Crippen LogP contribution < -0.4 is 39.3 Å². The molecule has 0 bridgehead atoms. The summed E-state index contributed by atoms with van der Waals surface area (Å²) in [6.07, 6.45) is -0.682. The van der Waals surface area contributed by atoms with Crippen LogP contribution in [0.25, 0.3) is 0 Å². The second-order valence-electron chi connectivity index (χ2n) is 18.7. The smallest absolute Gasteiger partial charge is 0.347 e. The third-order valence-corrected chi connectivity index (χ3v) is 12.2. The minimum absolute atomic E-state index is 0.0658. The first kappa shape index (κ1) is 56.5. The number of aliphatic imine (C=N–C) groups is 1. The summed E-state index contributed by atoms with van der Waals surface area (Å²) < 4.78 is 5.69. The van der Waals surface area contributed by atoms with Crippen LogP contribution in [0.4, 0.5) is 0 Å². The van der Waals surface area contributed by atoms with Crippen LogP contribution >= 0.6 is 0 Å². The predicted molar refractivity (Wildman–Crippen MR) is 257 cm³/mol. The molecule has 0 aliphatic carbocycles. The van der Waals surface area contributed by atoms with Gasteiger partial charge < -0.3 is 58.9 Å². The number of carbonyl (C=O) groups is 8. The lowest BCUT2D eigenvalue weighted by Gasteiger charge is -2.38. The minimum atomic E-state index is -3.14. The fraction of sp³-hybridized carbons (Fsp3) is 0.553. The number of likely N-dealkylation sites (tertiary alicyclic amines) is 2. The van der Waals surface area contributed by atoms with E-state index < -0.39 is 119 Å². The number of esters is 1. The molecule has 2 aromatic rings. The number of carboxylic acid groups (broad SMARTS) is 1. The summed E-state index contributed by atoms with van der Waals surface area (Å²) in [5, 5.41) is 26.8. The zero-order valence-electron chi connectivity index (χ0n) is 40.4. The Balaban J connectivity index is 1.68. The van der Waals surface area contributed by atoms with Crippen LogP contribution in [0.5, 0.6) is 0 Å². The lowest BCUT2D eigenvalue weighted by atomic mass is 9.81. The van der Waals surface area contributed by atoms with Gasteiger partial charge in [-0.3, -0.25) is 33.8 Å². The predicted octanol–water partition coefficient (Wildman–Crippen LogP) is -0.985. The van der Waals surface area contributed by atoms with Crippen LogP contribution in [0.2, 0.25) is 0 Å². The van der Waals surface area contributed by atoms with Gasteiger partial charge in [0.15, 0.2) is 16.8 Å². The van der Waals surface area contributed by atoms with Gasteiger partial charge in [-0.1, -0.05) is 60.7 Å². The summed E-state index contributed by atoms with van der Waals surface area (Å²) >= 11 is 0. The van der Waals surface area contributed by atoms with E-state index in [0.717, 1.165) is 5.56 Å². The van der Waals surface area contributed by atoms with Crippen LogP contribution in [-0.4, -0.2) is 152 Å². The van der Waals surface area contributed by atoms with E-state index in [9.17, 15) is 44.0 Å². The van der Waals surface area contributed by atoms with E-state index in [4.69, 9.17) is 33.4 Å². The van der Waals surface area contributed by atoms with E-state index >= 15 is 9.59 Å². The maximum Gasteiger partial charge on any atom is 0.347 e. The van der Waals surface area contributed by atoms with Gasteiger partial charge in [-0.25, -0.2) is 19.7 Å². The number of ether oxygens (including phenoxy) is 1. The number of Topliss-reactive ketones (excluding diaryl/α,β-unsaturated/α-hetero) is 1. The average molecular weight is 993 g/mol. The average Bonchev–Trinajstić information content (AvgIpc) is 4.02. The van der Waals surface area contributed by atoms with Gasteiger partial charge in [-0.15, -0.1) is 0 Å². The Morgan fingerprint density at radius 3 is 1.96 bits per heavy atom. The highest BCUT2D eigenvalue weighted by molar-refractivity contribution is 6.13. The molecule has 2 aromatic carbocycles. The van der Waals surface area contributed by atoms with E-state index in [1.165, 1.54) is 30.6 Å². The summed E-state index contributed by atoms with van der Waals surface area (Å²) in [7, 11) is 0. The third kappa shape index (κ3) is 15.5. The zero-order valence-corrected chi connectivity index (χ0v) is 40.4. The van der Waals surface area contributed by atoms with E-state index in [0.29, 0.717) is 18.4 Å². The zero-order chi connectivity index (χ0) is 52.6. The second kappa shape index (κ2) is 25.7. The summed E-state index contributed by atoms with van der Waals surface area (Å²) in [4.78, 5) is 130. The molecule has 71 heavy (non-hydrogen) atoms. The number of carbonyl (C=O) groups excluding carboxylic acids is 7. The molecule has 24 nitrogen and oxygen atoms in total. The molecule has 0 saturated carbocycles. The van der Waals surface area contributed by atoms with Gasteiger partial charge in [-0.05, 0) is 101 Å². The van der Waals surface area contributed by atoms with Gasteiger partial charge in [0.1, 0.15) is 23.7 Å². The number of ketones is 1. The molecule has 2 aliphatic rings. The molecule has 7 atom stereocenters. The Morgan fingerprint density at radius 1 is 0.831 bits per heavy atom. The number of nitrogens with zero attached hydrogens (tertiary/aromatic N) is 5. The number of hydrogen-bond acceptors (Lipinski definition) is 15. The molecular formula is C47H68N12O12. The maximum absolute atomic E-state index is 15.2. The fourth-order valence-corrected chi connectivity index (χ4v) is 8.71. The Morgan fingerprint density at radius 2 is 1.39 bits per heavy atom. The van der Waals surface area contributed by atoms with Gasteiger partial charge in [0.2, 0.25) is 23.6 Å². The summed E-state index contributed by atoms with van der Waals surface area (Å²) in [6, 6.07) is 9.01. The van der Waals surface area contributed by atoms with Crippen molar-refractivity contribution in [2.45, 2.75) is 139 Å². The van der Waals surface area contributed by atoms with Crippen LogP contribution in [0.15, 0.2) is 65.7 Å². The lowest BCUT2D eigenvalue weighted by Crippen LogP contribution is -2.70. The summed E-state index contributed by atoms with van der Waals surface area (Å²) in [5.41, 5.74) is 26.5. The third-order valence-electron chi connectivity index (χ3n) is 12.2. The quantitative estimate of drug-likeness (QED) is 0.0113. The molecule has 5 amide bonds. The van der Waals surface area contributed by atoms with Crippen LogP contribution in [-0.2, 0) is 55.9 Å². The molecule has 2 saturated heterocycles. The molecule has 388 valence electrons. The molecule has 0 aromatic heterocycles. The first-order valence-corrected chi connectivity index (χ1v) is 23.5. The maximum atomic E-state index is 15.2. The van der Waals surface area contributed by atoms with Gasteiger partial charge in [-0.2, -0.15) is 0 Å².